The standard InChI is InChI=1S/C10H20N2O2/c1-8-7-11-5-6-12(8)9(13)10(2,3)14-4/h8,11H,5-7H2,1-4H3. The molecule has 4 nitrogen and oxygen atoms in total. The van der Waals surface area contributed by atoms with E-state index >= 15 is 0 Å². The highest BCUT2D eigenvalue weighted by Crippen LogP contribution is 2.15. The van der Waals surface area contributed by atoms with Crippen molar-refractivity contribution in [3.05, 3.63) is 0 Å². The first-order valence-electron chi connectivity index (χ1n) is 5.06. The number of carbonyl (C=O) groups excluding carboxylic acids is 1. The van der Waals surface area contributed by atoms with Crippen LogP contribution in [0.3, 0.4) is 0 Å². The molecule has 0 saturated carbocycles. The van der Waals surface area contributed by atoms with Gasteiger partial charge in [-0.25, -0.2) is 0 Å². The first kappa shape index (κ1) is 11.5. The fraction of sp³-hybridized carbons (Fsp3) is 0.900. The molecule has 1 aliphatic rings. The van der Waals surface area contributed by atoms with E-state index in [1.807, 2.05) is 18.7 Å². The number of methoxy groups -OCH3 is 1. The van der Waals surface area contributed by atoms with Gasteiger partial charge in [0.2, 0.25) is 0 Å². The number of carbonyl (C=O) groups is 1. The van der Waals surface area contributed by atoms with Crippen LogP contribution in [-0.4, -0.2) is 49.2 Å². The molecule has 82 valence electrons. The SMILES string of the molecule is COC(C)(C)C(=O)N1CCNCC1C. The molecule has 0 radical (unpaired) electrons. The Hall–Kier alpha value is -0.610. The lowest BCUT2D eigenvalue weighted by Gasteiger charge is -2.38. The van der Waals surface area contributed by atoms with Gasteiger partial charge in [-0.05, 0) is 20.8 Å². The average molecular weight is 200 g/mol. The Morgan fingerprint density at radius 3 is 2.71 bits per heavy atom. The van der Waals surface area contributed by atoms with Crippen LogP contribution in [0.5, 0.6) is 0 Å². The van der Waals surface area contributed by atoms with Crippen molar-refractivity contribution in [2.45, 2.75) is 32.4 Å². The molecule has 1 fully saturated rings. The van der Waals surface area contributed by atoms with Crippen molar-refractivity contribution in [1.82, 2.24) is 10.2 Å². The van der Waals surface area contributed by atoms with Crippen LogP contribution in [0.2, 0.25) is 0 Å². The molecule has 1 saturated heterocycles. The van der Waals surface area contributed by atoms with Gasteiger partial charge in [0.1, 0.15) is 5.60 Å². The third-order valence-corrected chi connectivity index (χ3v) is 2.79. The fourth-order valence-corrected chi connectivity index (χ4v) is 1.58. The zero-order valence-corrected chi connectivity index (χ0v) is 9.46. The summed E-state index contributed by atoms with van der Waals surface area (Å²) in [6, 6.07) is 0.255. The van der Waals surface area contributed by atoms with Gasteiger partial charge in [0.15, 0.2) is 0 Å². The van der Waals surface area contributed by atoms with Crippen molar-refractivity contribution in [1.29, 1.82) is 0 Å². The molecule has 0 bridgehead atoms. The van der Waals surface area contributed by atoms with Crippen LogP contribution in [0, 0.1) is 0 Å². The Morgan fingerprint density at radius 1 is 1.57 bits per heavy atom. The molecule has 4 heteroatoms. The summed E-state index contributed by atoms with van der Waals surface area (Å²) in [5.41, 5.74) is -0.703. The highest BCUT2D eigenvalue weighted by atomic mass is 16.5. The molecule has 1 amide bonds. The van der Waals surface area contributed by atoms with Gasteiger partial charge in [0.25, 0.3) is 5.91 Å². The number of nitrogens with one attached hydrogen (secondary N) is 1. The van der Waals surface area contributed by atoms with E-state index in [0.717, 1.165) is 19.6 Å². The van der Waals surface area contributed by atoms with Gasteiger partial charge in [0, 0.05) is 32.8 Å². The third-order valence-electron chi connectivity index (χ3n) is 2.79. The first-order valence-corrected chi connectivity index (χ1v) is 5.06. The smallest absolute Gasteiger partial charge is 0.254 e. The molecule has 0 aromatic rings. The normalized spacial score (nSPS) is 23.7. The fourth-order valence-electron chi connectivity index (χ4n) is 1.58. The van der Waals surface area contributed by atoms with Crippen molar-refractivity contribution < 1.29 is 9.53 Å². The molecule has 1 rings (SSSR count). The van der Waals surface area contributed by atoms with E-state index in [4.69, 9.17) is 4.74 Å². The summed E-state index contributed by atoms with van der Waals surface area (Å²) in [5, 5.41) is 3.25. The molecule has 0 aromatic heterocycles. The predicted octanol–water partition coefficient (Wildman–Crippen LogP) is 0.232. The molecule has 1 N–H and O–H groups in total. The average Bonchev–Trinajstić information content (AvgIpc) is 2.17. The number of rotatable bonds is 2. The lowest BCUT2D eigenvalue weighted by molar-refractivity contribution is -0.153. The minimum Gasteiger partial charge on any atom is -0.369 e. The monoisotopic (exact) mass is 200 g/mol. The van der Waals surface area contributed by atoms with E-state index in [-0.39, 0.29) is 11.9 Å². The molecular weight excluding hydrogens is 180 g/mol. The first-order chi connectivity index (χ1) is 6.49. The number of amides is 1. The summed E-state index contributed by atoms with van der Waals surface area (Å²) >= 11 is 0. The predicted molar refractivity (Wildman–Crippen MR) is 55.1 cm³/mol. The van der Waals surface area contributed by atoms with E-state index in [9.17, 15) is 4.79 Å². The number of nitrogens with zero attached hydrogens (tertiary/aromatic N) is 1. The molecule has 14 heavy (non-hydrogen) atoms. The Kier molecular flexibility index (Phi) is 3.50. The van der Waals surface area contributed by atoms with Gasteiger partial charge in [-0.15, -0.1) is 0 Å². The summed E-state index contributed by atoms with van der Waals surface area (Å²) in [4.78, 5) is 13.9. The Balaban J connectivity index is 2.67. The quantitative estimate of drug-likeness (QED) is 0.694. The number of piperazine rings is 1. The molecule has 1 heterocycles. The van der Waals surface area contributed by atoms with E-state index in [2.05, 4.69) is 12.2 Å². The van der Waals surface area contributed by atoms with E-state index in [0.29, 0.717) is 0 Å². The molecule has 0 aromatic carbocycles. The second kappa shape index (κ2) is 4.28. The van der Waals surface area contributed by atoms with Crippen molar-refractivity contribution in [3.63, 3.8) is 0 Å². The maximum Gasteiger partial charge on any atom is 0.254 e. The lowest BCUT2D eigenvalue weighted by Crippen LogP contribution is -2.57. The lowest BCUT2D eigenvalue weighted by atomic mass is 10.1. The summed E-state index contributed by atoms with van der Waals surface area (Å²) in [6.07, 6.45) is 0. The summed E-state index contributed by atoms with van der Waals surface area (Å²) in [5.74, 6) is 0.0778. The van der Waals surface area contributed by atoms with Gasteiger partial charge >= 0.3 is 0 Å². The van der Waals surface area contributed by atoms with Crippen LogP contribution in [0.25, 0.3) is 0 Å². The summed E-state index contributed by atoms with van der Waals surface area (Å²) in [7, 11) is 1.57. The van der Waals surface area contributed by atoms with Crippen LogP contribution < -0.4 is 5.32 Å². The zero-order valence-electron chi connectivity index (χ0n) is 9.46. The van der Waals surface area contributed by atoms with Gasteiger partial charge in [-0.3, -0.25) is 4.79 Å². The van der Waals surface area contributed by atoms with Crippen LogP contribution in [0.4, 0.5) is 0 Å². The largest absolute Gasteiger partial charge is 0.369 e. The van der Waals surface area contributed by atoms with Crippen molar-refractivity contribution >= 4 is 5.91 Å². The molecule has 0 aliphatic carbocycles. The minimum absolute atomic E-state index is 0.0778. The van der Waals surface area contributed by atoms with Crippen LogP contribution >= 0.6 is 0 Å². The second-order valence-corrected chi connectivity index (χ2v) is 4.27. The number of hydrogen-bond acceptors (Lipinski definition) is 3. The summed E-state index contributed by atoms with van der Waals surface area (Å²) in [6.45, 7) is 8.18. The number of hydrogen-bond donors (Lipinski definition) is 1. The Morgan fingerprint density at radius 2 is 2.21 bits per heavy atom. The molecule has 1 aliphatic heterocycles. The van der Waals surface area contributed by atoms with Gasteiger partial charge in [-0.1, -0.05) is 0 Å². The Bertz CT molecular complexity index is 216. The topological polar surface area (TPSA) is 41.6 Å². The zero-order chi connectivity index (χ0) is 10.8. The minimum atomic E-state index is -0.703. The second-order valence-electron chi connectivity index (χ2n) is 4.27. The maximum absolute atomic E-state index is 12.0. The molecule has 1 atom stereocenters. The van der Waals surface area contributed by atoms with Crippen LogP contribution in [0.1, 0.15) is 20.8 Å². The number of ether oxygens (including phenoxy) is 1. The van der Waals surface area contributed by atoms with Crippen molar-refractivity contribution in [2.75, 3.05) is 26.7 Å². The molecule has 1 unspecified atom stereocenters. The van der Waals surface area contributed by atoms with Gasteiger partial charge in [0.05, 0.1) is 0 Å². The van der Waals surface area contributed by atoms with Crippen LogP contribution in [0.15, 0.2) is 0 Å². The van der Waals surface area contributed by atoms with Crippen molar-refractivity contribution in [3.8, 4) is 0 Å². The molecular formula is C10H20N2O2. The van der Waals surface area contributed by atoms with E-state index < -0.39 is 5.60 Å². The third kappa shape index (κ3) is 2.25. The highest BCUT2D eigenvalue weighted by molar-refractivity contribution is 5.84. The van der Waals surface area contributed by atoms with E-state index in [1.165, 1.54) is 0 Å². The maximum atomic E-state index is 12.0. The Labute approximate surface area is 85.6 Å². The van der Waals surface area contributed by atoms with Crippen LogP contribution in [-0.2, 0) is 9.53 Å². The van der Waals surface area contributed by atoms with Gasteiger partial charge in [-0.2, -0.15) is 0 Å². The summed E-state index contributed by atoms with van der Waals surface area (Å²) < 4.78 is 5.19. The molecule has 0 spiro atoms. The van der Waals surface area contributed by atoms with Gasteiger partial charge < -0.3 is 15.0 Å². The highest BCUT2D eigenvalue weighted by Gasteiger charge is 2.34. The van der Waals surface area contributed by atoms with Crippen molar-refractivity contribution in [2.24, 2.45) is 0 Å². The van der Waals surface area contributed by atoms with E-state index in [1.54, 1.807) is 7.11 Å².